The van der Waals surface area contributed by atoms with E-state index in [-0.39, 0.29) is 77.0 Å². The highest BCUT2D eigenvalue weighted by atomic mass is 16.7. The lowest BCUT2D eigenvalue weighted by Gasteiger charge is -2.60. The molecule has 3 N–H and O–H groups in total. The standard InChI is InChI=1S/C44H67N3O10/c1-6-8-25-54-42(51)47(20-26-52-28-23-50)39-31-37(45-57-43(3,4)5)35-29-32(13-9-11-21-48)34(14-10-12-22-49)40-36-30-33(53-27-19-46-17-18-46)15-16-38(36)56-44(39,41(35)40)55-24-7-2/h6-7,15-16,29-30,32,34,39-41,48-50H,1-2,8-14,17-28,31H2,3-5H3. The van der Waals surface area contributed by atoms with Crippen molar-refractivity contribution < 1.29 is 48.6 Å². The second kappa shape index (κ2) is 21.5. The molecule has 318 valence electrons. The van der Waals surface area contributed by atoms with Gasteiger partial charge < -0.3 is 43.8 Å². The second-order valence-electron chi connectivity index (χ2n) is 16.4. The molecule has 13 nitrogen and oxygen atoms in total. The van der Waals surface area contributed by atoms with E-state index in [0.717, 1.165) is 62.2 Å². The van der Waals surface area contributed by atoms with Crippen LogP contribution in [0, 0.1) is 17.8 Å². The third kappa shape index (κ3) is 11.6. The zero-order valence-corrected chi connectivity index (χ0v) is 34.4. The average molecular weight is 798 g/mol. The summed E-state index contributed by atoms with van der Waals surface area (Å²) in [6.45, 7) is 18.0. The van der Waals surface area contributed by atoms with Crippen molar-refractivity contribution in [2.75, 3.05) is 79.0 Å². The van der Waals surface area contributed by atoms with E-state index in [2.05, 4.69) is 30.2 Å². The van der Waals surface area contributed by atoms with Gasteiger partial charge in [-0.1, -0.05) is 36.2 Å². The summed E-state index contributed by atoms with van der Waals surface area (Å²) in [4.78, 5) is 24.5. The Labute approximate surface area is 339 Å². The number of ether oxygens (including phenoxy) is 5. The van der Waals surface area contributed by atoms with Crippen LogP contribution in [-0.2, 0) is 19.0 Å². The molecule has 1 saturated carbocycles. The zero-order chi connectivity index (χ0) is 40.8. The van der Waals surface area contributed by atoms with E-state index >= 15 is 0 Å². The maximum absolute atomic E-state index is 14.3. The molecule has 0 aromatic heterocycles. The summed E-state index contributed by atoms with van der Waals surface area (Å²) in [6, 6.07) is 5.25. The van der Waals surface area contributed by atoms with Crippen LogP contribution >= 0.6 is 0 Å². The fraction of sp³-hybridized carbons (Fsp3) is 0.682. The summed E-state index contributed by atoms with van der Waals surface area (Å²) in [6.07, 6.45) is 10.5. The fourth-order valence-electron chi connectivity index (χ4n) is 8.53. The molecule has 1 aromatic carbocycles. The Morgan fingerprint density at radius 2 is 1.79 bits per heavy atom. The third-order valence-corrected chi connectivity index (χ3v) is 11.2. The number of aliphatic hydroxyl groups excluding tert-OH is 3. The van der Waals surface area contributed by atoms with E-state index in [0.29, 0.717) is 37.3 Å². The Hall–Kier alpha value is -3.46. The molecule has 6 atom stereocenters. The first-order chi connectivity index (χ1) is 27.6. The van der Waals surface area contributed by atoms with Crippen molar-refractivity contribution in [1.29, 1.82) is 0 Å². The molecule has 57 heavy (non-hydrogen) atoms. The van der Waals surface area contributed by atoms with E-state index in [1.165, 1.54) is 0 Å². The number of allylic oxidation sites excluding steroid dienone is 1. The minimum Gasteiger partial charge on any atom is -0.492 e. The first-order valence-corrected chi connectivity index (χ1v) is 20.9. The number of amides is 1. The van der Waals surface area contributed by atoms with Gasteiger partial charge in [-0.15, -0.1) is 13.2 Å². The molecule has 0 radical (unpaired) electrons. The number of unbranched alkanes of at least 4 members (excludes halogenated alkanes) is 2. The SMILES string of the molecule is C=CCCOC(=O)N(CCOCCO)C1CC(=NOC(C)(C)C)C2=CC(CCCCO)C(CCCCO)C3c4cc(OCCN5CC5)ccc4OC1(OCC=C)C23. The van der Waals surface area contributed by atoms with Crippen LogP contribution in [-0.4, -0.2) is 133 Å². The van der Waals surface area contributed by atoms with Crippen molar-refractivity contribution in [1.82, 2.24) is 9.80 Å². The Morgan fingerprint density at radius 1 is 1.02 bits per heavy atom. The number of fused-ring (bicyclic) bond motifs is 2. The number of hydrogen-bond acceptors (Lipinski definition) is 12. The molecule has 0 spiro atoms. The van der Waals surface area contributed by atoms with Gasteiger partial charge >= 0.3 is 6.09 Å². The quantitative estimate of drug-likeness (QED) is 0.0474. The average Bonchev–Trinajstić information content (AvgIpc) is 4.02. The van der Waals surface area contributed by atoms with Gasteiger partial charge in [-0.05, 0) is 88.5 Å². The minimum atomic E-state index is -1.43. The van der Waals surface area contributed by atoms with E-state index in [1.54, 1.807) is 17.1 Å². The number of benzene rings is 1. The topological polar surface area (TPSA) is 152 Å². The van der Waals surface area contributed by atoms with Gasteiger partial charge in [0, 0.05) is 57.3 Å². The van der Waals surface area contributed by atoms with E-state index in [1.807, 2.05) is 32.9 Å². The van der Waals surface area contributed by atoms with Crippen LogP contribution < -0.4 is 9.47 Å². The van der Waals surface area contributed by atoms with Crippen LogP contribution in [0.4, 0.5) is 4.79 Å². The molecule has 2 fully saturated rings. The molecule has 4 aliphatic rings. The largest absolute Gasteiger partial charge is 0.492 e. The summed E-state index contributed by atoms with van der Waals surface area (Å²) in [5.41, 5.74) is 2.05. The third-order valence-electron chi connectivity index (χ3n) is 11.2. The van der Waals surface area contributed by atoms with Crippen LogP contribution in [0.25, 0.3) is 0 Å². The molecule has 2 aliphatic carbocycles. The molecule has 1 aromatic rings. The summed E-state index contributed by atoms with van der Waals surface area (Å²) in [5.74, 6) is -0.492. The number of rotatable bonds is 25. The summed E-state index contributed by atoms with van der Waals surface area (Å²) in [7, 11) is 0. The number of aliphatic hydroxyl groups is 3. The van der Waals surface area contributed by atoms with Crippen molar-refractivity contribution >= 4 is 11.8 Å². The Morgan fingerprint density at radius 3 is 2.47 bits per heavy atom. The van der Waals surface area contributed by atoms with Crippen molar-refractivity contribution in [3.63, 3.8) is 0 Å². The molecule has 13 heteroatoms. The lowest BCUT2D eigenvalue weighted by Crippen LogP contribution is -2.70. The number of hydrogen-bond donors (Lipinski definition) is 3. The smallest absolute Gasteiger partial charge is 0.410 e. The van der Waals surface area contributed by atoms with Crippen LogP contribution in [0.5, 0.6) is 11.5 Å². The lowest BCUT2D eigenvalue weighted by atomic mass is 9.55. The predicted octanol–water partition coefficient (Wildman–Crippen LogP) is 5.84. The highest BCUT2D eigenvalue weighted by Crippen LogP contribution is 2.62. The highest BCUT2D eigenvalue weighted by Gasteiger charge is 2.65. The summed E-state index contributed by atoms with van der Waals surface area (Å²) in [5, 5.41) is 34.1. The minimum absolute atomic E-state index is 0.0792. The van der Waals surface area contributed by atoms with Crippen molar-refractivity contribution in [3.8, 4) is 11.5 Å². The first-order valence-electron chi connectivity index (χ1n) is 20.9. The molecule has 1 saturated heterocycles. The summed E-state index contributed by atoms with van der Waals surface area (Å²) >= 11 is 0. The Kier molecular flexibility index (Phi) is 16.8. The Balaban J connectivity index is 1.74. The van der Waals surface area contributed by atoms with Gasteiger partial charge in [0.25, 0.3) is 0 Å². The van der Waals surface area contributed by atoms with Crippen molar-refractivity contribution in [3.05, 3.63) is 60.7 Å². The van der Waals surface area contributed by atoms with Gasteiger partial charge in [0.15, 0.2) is 0 Å². The van der Waals surface area contributed by atoms with E-state index in [9.17, 15) is 20.1 Å². The maximum Gasteiger partial charge on any atom is 0.410 e. The van der Waals surface area contributed by atoms with Crippen LogP contribution in [0.2, 0.25) is 0 Å². The molecule has 0 bridgehead atoms. The van der Waals surface area contributed by atoms with Gasteiger partial charge in [-0.3, -0.25) is 9.80 Å². The number of carbonyl (C=O) groups excluding carboxylic acids is 1. The molecule has 5 rings (SSSR count). The van der Waals surface area contributed by atoms with Gasteiger partial charge in [-0.2, -0.15) is 0 Å². The maximum atomic E-state index is 14.3. The number of oxime groups is 1. The molecular formula is C44H67N3O10. The summed E-state index contributed by atoms with van der Waals surface area (Å²) < 4.78 is 32.2. The van der Waals surface area contributed by atoms with Crippen LogP contribution in [0.1, 0.15) is 83.6 Å². The van der Waals surface area contributed by atoms with Gasteiger partial charge in [0.05, 0.1) is 44.7 Å². The molecule has 1 amide bonds. The predicted molar refractivity (Wildman–Crippen MR) is 219 cm³/mol. The van der Waals surface area contributed by atoms with E-state index < -0.39 is 29.4 Å². The van der Waals surface area contributed by atoms with Crippen molar-refractivity contribution in [2.45, 2.75) is 95.5 Å². The van der Waals surface area contributed by atoms with Gasteiger partial charge in [0.2, 0.25) is 5.79 Å². The molecule has 2 aliphatic heterocycles. The molecule has 6 unspecified atom stereocenters. The van der Waals surface area contributed by atoms with Crippen LogP contribution in [0.15, 0.2) is 60.3 Å². The second-order valence-corrected chi connectivity index (χ2v) is 16.4. The monoisotopic (exact) mass is 797 g/mol. The van der Waals surface area contributed by atoms with Gasteiger partial charge in [-0.25, -0.2) is 4.79 Å². The van der Waals surface area contributed by atoms with Gasteiger partial charge in [0.1, 0.15) is 29.7 Å². The normalized spacial score (nSPS) is 25.8. The van der Waals surface area contributed by atoms with Crippen molar-refractivity contribution in [2.24, 2.45) is 22.9 Å². The first kappa shape index (κ1) is 44.6. The lowest BCUT2D eigenvalue weighted by molar-refractivity contribution is -0.256. The molecular weight excluding hydrogens is 730 g/mol. The zero-order valence-electron chi connectivity index (χ0n) is 34.4. The fourth-order valence-corrected chi connectivity index (χ4v) is 8.53. The Bertz CT molecular complexity index is 1520. The highest BCUT2D eigenvalue weighted by molar-refractivity contribution is 6.03. The molecule has 2 heterocycles. The number of nitrogens with zero attached hydrogens (tertiary/aromatic N) is 3. The van der Waals surface area contributed by atoms with E-state index in [4.69, 9.17) is 33.7 Å². The number of carbonyl (C=O) groups is 1. The van der Waals surface area contributed by atoms with Crippen LogP contribution in [0.3, 0.4) is 0 Å².